The Hall–Kier alpha value is -2.40. The standard InChI is InChI=1S/C33H43N3O3S/c1-39-23-26-6-5-9-32(26)33(24-34,27-7-3-2-4-8-27)28-16-18-35(19-17-28)20-25-21-36(22-25)29-10-12-30(13-11-29)40(37,38)31-14-15-31/h2-4,7-8,10-13,25-26,28,31-32H,5-6,9,14-23H2,1H3/t26-,32+,33?/m1/s1. The number of ether oxygens (including phenoxy) is 1. The van der Waals surface area contributed by atoms with Gasteiger partial charge in [-0.15, -0.1) is 0 Å². The molecule has 0 radical (unpaired) electrons. The average molecular weight is 562 g/mol. The van der Waals surface area contributed by atoms with Crippen molar-refractivity contribution in [2.45, 2.75) is 60.5 Å². The zero-order valence-electron chi connectivity index (χ0n) is 23.7. The largest absolute Gasteiger partial charge is 0.384 e. The number of hydrogen-bond acceptors (Lipinski definition) is 6. The van der Waals surface area contributed by atoms with Crippen molar-refractivity contribution in [3.8, 4) is 6.07 Å². The van der Waals surface area contributed by atoms with Crippen LogP contribution in [0, 0.1) is 35.0 Å². The van der Waals surface area contributed by atoms with E-state index >= 15 is 0 Å². The Labute approximate surface area is 240 Å². The van der Waals surface area contributed by atoms with Gasteiger partial charge in [-0.2, -0.15) is 5.26 Å². The first-order chi connectivity index (χ1) is 19.5. The molecule has 4 fully saturated rings. The fourth-order valence-corrected chi connectivity index (χ4v) is 9.66. The van der Waals surface area contributed by atoms with Gasteiger partial charge in [0.25, 0.3) is 0 Å². The van der Waals surface area contributed by atoms with E-state index in [1.165, 1.54) is 12.0 Å². The number of sulfone groups is 1. The van der Waals surface area contributed by atoms with E-state index < -0.39 is 15.3 Å². The Morgan fingerprint density at radius 1 is 0.950 bits per heavy atom. The van der Waals surface area contributed by atoms with Crippen molar-refractivity contribution < 1.29 is 13.2 Å². The molecule has 40 heavy (non-hydrogen) atoms. The summed E-state index contributed by atoms with van der Waals surface area (Å²) in [6.07, 6.45) is 7.18. The maximum absolute atomic E-state index is 12.5. The van der Waals surface area contributed by atoms with Gasteiger partial charge in [0, 0.05) is 45.0 Å². The maximum atomic E-state index is 12.5. The normalized spacial score (nSPS) is 26.2. The lowest BCUT2D eigenvalue weighted by molar-refractivity contribution is 0.0649. The molecule has 214 valence electrons. The average Bonchev–Trinajstić information content (AvgIpc) is 3.74. The van der Waals surface area contributed by atoms with Gasteiger partial charge in [-0.3, -0.25) is 0 Å². The summed E-state index contributed by atoms with van der Waals surface area (Å²) in [6.45, 7) is 5.97. The Kier molecular flexibility index (Phi) is 7.96. The SMILES string of the molecule is COC[C@H]1CCC[C@@H]1C(C#N)(c1ccccc1)C1CCN(CC2CN(c3ccc(S(=O)(=O)C4CC4)cc3)C2)CC1. The molecule has 6 nitrogen and oxygen atoms in total. The van der Waals surface area contributed by atoms with Gasteiger partial charge in [-0.05, 0) is 99.2 Å². The summed E-state index contributed by atoms with van der Waals surface area (Å²) in [5, 5.41) is 10.7. The van der Waals surface area contributed by atoms with E-state index in [9.17, 15) is 13.7 Å². The van der Waals surface area contributed by atoms with Crippen molar-refractivity contribution in [1.29, 1.82) is 5.26 Å². The first-order valence-electron chi connectivity index (χ1n) is 15.2. The number of rotatable bonds is 10. The third kappa shape index (κ3) is 5.19. The van der Waals surface area contributed by atoms with Crippen molar-refractivity contribution >= 4 is 15.5 Å². The molecule has 2 saturated heterocycles. The Balaban J connectivity index is 1.06. The van der Waals surface area contributed by atoms with E-state index in [0.29, 0.717) is 28.6 Å². The topological polar surface area (TPSA) is 73.6 Å². The monoisotopic (exact) mass is 561 g/mol. The summed E-state index contributed by atoms with van der Waals surface area (Å²) in [5.41, 5.74) is 1.88. The highest BCUT2D eigenvalue weighted by molar-refractivity contribution is 7.92. The molecule has 0 bridgehead atoms. The second-order valence-corrected chi connectivity index (χ2v) is 14.9. The van der Waals surface area contributed by atoms with Crippen LogP contribution >= 0.6 is 0 Å². The molecule has 2 aliphatic heterocycles. The molecule has 0 aromatic heterocycles. The highest BCUT2D eigenvalue weighted by Crippen LogP contribution is 2.52. The number of methoxy groups -OCH3 is 1. The Morgan fingerprint density at radius 3 is 2.27 bits per heavy atom. The maximum Gasteiger partial charge on any atom is 0.181 e. The van der Waals surface area contributed by atoms with Crippen molar-refractivity contribution in [2.24, 2.45) is 23.7 Å². The van der Waals surface area contributed by atoms with Crippen LogP contribution in [0.3, 0.4) is 0 Å². The van der Waals surface area contributed by atoms with Crippen LogP contribution in [0.4, 0.5) is 5.69 Å². The predicted octanol–water partition coefficient (Wildman–Crippen LogP) is 5.30. The molecule has 4 aliphatic rings. The molecule has 2 saturated carbocycles. The van der Waals surface area contributed by atoms with Gasteiger partial charge in [0.05, 0.1) is 21.6 Å². The first-order valence-corrected chi connectivity index (χ1v) is 16.8. The number of benzene rings is 2. The quantitative estimate of drug-likeness (QED) is 0.392. The van der Waals surface area contributed by atoms with Gasteiger partial charge in [-0.25, -0.2) is 8.42 Å². The fourth-order valence-electron chi connectivity index (χ4n) is 8.00. The molecule has 6 rings (SSSR count). The van der Waals surface area contributed by atoms with Crippen molar-refractivity contribution in [2.75, 3.05) is 51.3 Å². The van der Waals surface area contributed by atoms with E-state index in [4.69, 9.17) is 4.74 Å². The molecule has 0 N–H and O–H groups in total. The van der Waals surface area contributed by atoms with Crippen molar-refractivity contribution in [1.82, 2.24) is 4.90 Å². The van der Waals surface area contributed by atoms with Crippen LogP contribution < -0.4 is 4.90 Å². The molecule has 0 amide bonds. The van der Waals surface area contributed by atoms with E-state index in [1.807, 2.05) is 12.1 Å². The van der Waals surface area contributed by atoms with Gasteiger partial charge in [0.2, 0.25) is 0 Å². The summed E-state index contributed by atoms with van der Waals surface area (Å²) >= 11 is 0. The third-order valence-corrected chi connectivity index (χ3v) is 12.5. The number of nitriles is 1. The molecule has 2 aromatic carbocycles. The molecule has 7 heteroatoms. The number of anilines is 1. The van der Waals surface area contributed by atoms with Gasteiger partial charge < -0.3 is 14.5 Å². The minimum absolute atomic E-state index is 0.160. The minimum Gasteiger partial charge on any atom is -0.384 e. The predicted molar refractivity (Wildman–Crippen MR) is 158 cm³/mol. The minimum atomic E-state index is -3.13. The van der Waals surface area contributed by atoms with E-state index in [1.54, 1.807) is 19.2 Å². The Bertz CT molecular complexity index is 1290. The van der Waals surface area contributed by atoms with E-state index in [0.717, 1.165) is 83.5 Å². The summed E-state index contributed by atoms with van der Waals surface area (Å²) in [7, 11) is -1.33. The zero-order valence-corrected chi connectivity index (χ0v) is 24.6. The second kappa shape index (κ2) is 11.5. The second-order valence-electron chi connectivity index (χ2n) is 12.7. The summed E-state index contributed by atoms with van der Waals surface area (Å²) < 4.78 is 30.6. The molecular formula is C33H43N3O3S. The first kappa shape index (κ1) is 27.8. The van der Waals surface area contributed by atoms with Crippen LogP contribution in [-0.4, -0.2) is 65.0 Å². The fraction of sp³-hybridized carbons (Fsp3) is 0.606. The molecule has 0 spiro atoms. The number of hydrogen-bond donors (Lipinski definition) is 0. The molecule has 3 atom stereocenters. The van der Waals surface area contributed by atoms with Crippen LogP contribution in [0.15, 0.2) is 59.5 Å². The number of piperidine rings is 1. The molecular weight excluding hydrogens is 518 g/mol. The summed E-state index contributed by atoms with van der Waals surface area (Å²) in [6, 6.07) is 21.1. The van der Waals surface area contributed by atoms with Gasteiger partial charge >= 0.3 is 0 Å². The molecule has 2 heterocycles. The Morgan fingerprint density at radius 2 is 1.65 bits per heavy atom. The van der Waals surface area contributed by atoms with Crippen LogP contribution in [0.25, 0.3) is 0 Å². The zero-order chi connectivity index (χ0) is 27.7. The molecule has 2 aliphatic carbocycles. The van der Waals surface area contributed by atoms with Crippen LogP contribution in [-0.2, 0) is 20.0 Å². The van der Waals surface area contributed by atoms with E-state index in [-0.39, 0.29) is 5.25 Å². The van der Waals surface area contributed by atoms with E-state index in [2.05, 4.69) is 46.2 Å². The summed E-state index contributed by atoms with van der Waals surface area (Å²) in [4.78, 5) is 5.43. The third-order valence-electron chi connectivity index (χ3n) is 10.3. The highest BCUT2D eigenvalue weighted by Gasteiger charge is 2.52. The number of nitrogens with zero attached hydrogens (tertiary/aromatic N) is 3. The van der Waals surface area contributed by atoms with Gasteiger partial charge in [0.15, 0.2) is 9.84 Å². The lowest BCUT2D eigenvalue weighted by Gasteiger charge is -2.48. The van der Waals surface area contributed by atoms with Crippen molar-refractivity contribution in [3.63, 3.8) is 0 Å². The highest BCUT2D eigenvalue weighted by atomic mass is 32.2. The van der Waals surface area contributed by atoms with Gasteiger partial charge in [0.1, 0.15) is 0 Å². The van der Waals surface area contributed by atoms with Crippen molar-refractivity contribution in [3.05, 3.63) is 60.2 Å². The summed E-state index contributed by atoms with van der Waals surface area (Å²) in [5.74, 6) is 1.79. The van der Waals surface area contributed by atoms with Gasteiger partial charge in [-0.1, -0.05) is 36.8 Å². The molecule has 2 aromatic rings. The number of likely N-dealkylation sites (tertiary alicyclic amines) is 1. The lowest BCUT2D eigenvalue weighted by Crippen LogP contribution is -2.54. The van der Waals surface area contributed by atoms with Crippen LogP contribution in [0.5, 0.6) is 0 Å². The van der Waals surface area contributed by atoms with Crippen LogP contribution in [0.2, 0.25) is 0 Å². The van der Waals surface area contributed by atoms with Crippen LogP contribution in [0.1, 0.15) is 50.5 Å². The lowest BCUT2D eigenvalue weighted by atomic mass is 9.58. The molecule has 1 unspecified atom stereocenters. The smallest absolute Gasteiger partial charge is 0.181 e.